The Balaban J connectivity index is 0. The number of hydrogen-bond donors (Lipinski definition) is 0. The molecule has 0 atom stereocenters. The molecule has 0 aromatic rings. The first-order valence-electron chi connectivity index (χ1n) is 3.42. The van der Waals surface area contributed by atoms with E-state index in [0.29, 0.717) is 6.42 Å². The molecule has 0 N–H and O–H groups in total. The molecule has 0 unspecified atom stereocenters. The van der Waals surface area contributed by atoms with E-state index in [9.17, 15) is 0 Å². The smallest absolute Gasteiger partial charge is 0.193 e. The van der Waals surface area contributed by atoms with E-state index in [1.54, 1.807) is 24.8 Å². The first-order chi connectivity index (χ1) is 6.28. The van der Waals surface area contributed by atoms with Gasteiger partial charge in [-0.3, -0.25) is 0 Å². The molecule has 0 rings (SSSR count). The van der Waals surface area contributed by atoms with E-state index >= 15 is 0 Å². The predicted molar refractivity (Wildman–Crippen MR) is 46.2 cm³/mol. The Kier molecular flexibility index (Phi) is 11.4. The fourth-order valence-electron chi connectivity index (χ4n) is 0.632. The number of rotatable bonds is 4. The van der Waals surface area contributed by atoms with Crippen LogP contribution in [0.25, 0.3) is 0 Å². The summed E-state index contributed by atoms with van der Waals surface area (Å²) in [5.41, 5.74) is 0. The molecule has 6 nitrogen and oxygen atoms in total. The van der Waals surface area contributed by atoms with Crippen molar-refractivity contribution in [1.29, 1.82) is 21.0 Å². The van der Waals surface area contributed by atoms with Gasteiger partial charge in [-0.1, -0.05) is 0 Å². The van der Waals surface area contributed by atoms with Gasteiger partial charge in [0, 0.05) is 62.0 Å². The molecule has 0 aliphatic carbocycles. The van der Waals surface area contributed by atoms with Crippen LogP contribution in [0.5, 0.6) is 0 Å². The van der Waals surface area contributed by atoms with Crippen LogP contribution in [-0.2, 0) is 0 Å². The van der Waals surface area contributed by atoms with Crippen molar-refractivity contribution in [3.63, 3.8) is 0 Å². The molecule has 66 valence electrons. The Bertz CT molecular complexity index is 253. The molecule has 0 saturated heterocycles. The summed E-state index contributed by atoms with van der Waals surface area (Å²) < 4.78 is 0. The molecular weight excluding hydrogens is 305 g/mol. The molecule has 0 amide bonds. The van der Waals surface area contributed by atoms with Crippen LogP contribution in [0.2, 0.25) is 0 Å². The summed E-state index contributed by atoms with van der Waals surface area (Å²) in [5, 5.41) is 33.3. The average molecular weight is 311 g/mol. The fraction of sp³-hybridized carbons (Fsp3) is 0.429. The van der Waals surface area contributed by atoms with Crippen molar-refractivity contribution in [2.24, 2.45) is 0 Å². The van der Waals surface area contributed by atoms with Crippen LogP contribution in [0.3, 0.4) is 0 Å². The van der Waals surface area contributed by atoms with Crippen molar-refractivity contribution in [2.75, 3.05) is 13.1 Å². The zero-order chi connectivity index (χ0) is 10.1. The summed E-state index contributed by atoms with van der Waals surface area (Å²) in [5.74, 6) is 0. The maximum absolute atomic E-state index is 8.32. The van der Waals surface area contributed by atoms with Crippen molar-refractivity contribution in [1.82, 2.24) is 9.80 Å². The molecule has 0 bridgehead atoms. The van der Waals surface area contributed by atoms with Crippen molar-refractivity contribution in [3.8, 4) is 24.8 Å². The van der Waals surface area contributed by atoms with Gasteiger partial charge in [0.15, 0.2) is 24.8 Å². The third-order valence-corrected chi connectivity index (χ3v) is 1.25. The summed E-state index contributed by atoms with van der Waals surface area (Å²) in [6, 6.07) is 0. The molecule has 0 aliphatic rings. The van der Waals surface area contributed by atoms with E-state index < -0.39 is 0 Å². The van der Waals surface area contributed by atoms with Gasteiger partial charge >= 0.3 is 0 Å². The minimum Gasteiger partial charge on any atom is -0.215 e. The fourth-order valence-corrected chi connectivity index (χ4v) is 0.632. The van der Waals surface area contributed by atoms with Gasteiger partial charge in [-0.2, -0.15) is 21.0 Å². The quantitative estimate of drug-likeness (QED) is 0.395. The maximum atomic E-state index is 8.32. The Morgan fingerprint density at radius 3 is 1.21 bits per heavy atom. The summed E-state index contributed by atoms with van der Waals surface area (Å²) >= 11 is 0. The van der Waals surface area contributed by atoms with Crippen LogP contribution in [0.4, 0.5) is 0 Å². The Morgan fingerprint density at radius 2 is 1.00 bits per heavy atom. The molecule has 14 heavy (non-hydrogen) atoms. The molecular formula is C7H6BaN6. The van der Waals surface area contributed by atoms with Gasteiger partial charge in [-0.25, -0.2) is 9.80 Å². The first-order valence-corrected chi connectivity index (χ1v) is 3.42. The summed E-state index contributed by atoms with van der Waals surface area (Å²) in [7, 11) is 0. The Labute approximate surface area is 123 Å². The second-order valence-electron chi connectivity index (χ2n) is 2.06. The van der Waals surface area contributed by atoms with Crippen molar-refractivity contribution in [3.05, 3.63) is 0 Å². The summed E-state index contributed by atoms with van der Waals surface area (Å²) in [6.07, 6.45) is 7.02. The molecule has 0 aromatic heterocycles. The molecule has 0 fully saturated rings. The van der Waals surface area contributed by atoms with Crippen molar-refractivity contribution >= 4 is 48.9 Å². The second kappa shape index (κ2) is 10.2. The van der Waals surface area contributed by atoms with Gasteiger partial charge < -0.3 is 0 Å². The van der Waals surface area contributed by atoms with Gasteiger partial charge in [-0.05, 0) is 6.42 Å². The van der Waals surface area contributed by atoms with E-state index in [4.69, 9.17) is 21.0 Å². The van der Waals surface area contributed by atoms with E-state index in [1.807, 2.05) is 0 Å². The number of hydrogen-bond acceptors (Lipinski definition) is 6. The van der Waals surface area contributed by atoms with Gasteiger partial charge in [0.05, 0.1) is 0 Å². The monoisotopic (exact) mass is 312 g/mol. The average Bonchev–Trinajstić information content (AvgIpc) is 2.19. The molecule has 0 saturated carbocycles. The van der Waals surface area contributed by atoms with Gasteiger partial charge in [0.2, 0.25) is 0 Å². The summed E-state index contributed by atoms with van der Waals surface area (Å²) in [6.45, 7) is 0.458. The zero-order valence-electron chi connectivity index (χ0n) is 7.51. The Morgan fingerprint density at radius 1 is 0.714 bits per heavy atom. The van der Waals surface area contributed by atoms with Crippen molar-refractivity contribution in [2.45, 2.75) is 6.42 Å². The number of nitrogens with zero attached hydrogens (tertiary/aromatic N) is 6. The van der Waals surface area contributed by atoms with Crippen LogP contribution in [0, 0.1) is 45.8 Å². The van der Waals surface area contributed by atoms with Gasteiger partial charge in [0.25, 0.3) is 0 Å². The van der Waals surface area contributed by atoms with Crippen LogP contribution in [0.1, 0.15) is 6.42 Å². The SMILES string of the molecule is N#CN(C#N)CCCN(C#N)C#N.[Ba]. The Hall–Kier alpha value is -0.869. The van der Waals surface area contributed by atoms with E-state index in [1.165, 1.54) is 0 Å². The largest absolute Gasteiger partial charge is 0.215 e. The van der Waals surface area contributed by atoms with Crippen LogP contribution < -0.4 is 0 Å². The van der Waals surface area contributed by atoms with Crippen LogP contribution in [0.15, 0.2) is 0 Å². The number of nitriles is 4. The van der Waals surface area contributed by atoms with Crippen LogP contribution >= 0.6 is 0 Å². The van der Waals surface area contributed by atoms with Gasteiger partial charge in [-0.15, -0.1) is 0 Å². The molecule has 7 heteroatoms. The summed E-state index contributed by atoms with van der Waals surface area (Å²) in [4.78, 5) is 1.76. The van der Waals surface area contributed by atoms with E-state index in [0.717, 1.165) is 9.80 Å². The standard InChI is InChI=1S/C7H6N6.Ba/c8-4-12(5-9)2-1-3-13(6-10)7-11;/h1-3H2;. The van der Waals surface area contributed by atoms with Crippen molar-refractivity contribution < 1.29 is 0 Å². The molecule has 0 spiro atoms. The third kappa shape index (κ3) is 6.63. The molecule has 0 aromatic carbocycles. The van der Waals surface area contributed by atoms with Crippen LogP contribution in [-0.4, -0.2) is 71.8 Å². The normalized spacial score (nSPS) is 6.57. The third-order valence-electron chi connectivity index (χ3n) is 1.25. The van der Waals surface area contributed by atoms with E-state index in [-0.39, 0.29) is 62.0 Å². The zero-order valence-corrected chi connectivity index (χ0v) is 12.0. The molecule has 2 radical (unpaired) electrons. The minimum atomic E-state index is 0. The maximum Gasteiger partial charge on any atom is 0.193 e. The topological polar surface area (TPSA) is 102 Å². The van der Waals surface area contributed by atoms with E-state index in [2.05, 4.69) is 0 Å². The first kappa shape index (κ1) is 15.6. The molecule has 0 heterocycles. The predicted octanol–water partition coefficient (Wildman–Crippen LogP) is -0.476. The minimum absolute atomic E-state index is 0. The second-order valence-corrected chi connectivity index (χ2v) is 2.06. The van der Waals surface area contributed by atoms with Gasteiger partial charge in [0.1, 0.15) is 0 Å². The molecule has 0 aliphatic heterocycles.